The third kappa shape index (κ3) is 5.47. The summed E-state index contributed by atoms with van der Waals surface area (Å²) in [7, 11) is 4.76. The van der Waals surface area contributed by atoms with E-state index in [1.165, 1.54) is 30.6 Å². The van der Waals surface area contributed by atoms with Crippen LogP contribution in [-0.2, 0) is 6.54 Å². The monoisotopic (exact) mass is 521 g/mol. The number of phenols is 1. The van der Waals surface area contributed by atoms with Crippen LogP contribution in [0.2, 0.25) is 0 Å². The summed E-state index contributed by atoms with van der Waals surface area (Å²) in [6, 6.07) is 18.4. The number of nitrogens with zero attached hydrogens (tertiary/aromatic N) is 1. The van der Waals surface area contributed by atoms with E-state index in [9.17, 15) is 5.11 Å². The molecule has 7 heteroatoms. The minimum atomic E-state index is -0.00816. The Morgan fingerprint density at radius 1 is 1.00 bits per heavy atom. The summed E-state index contributed by atoms with van der Waals surface area (Å²) in [6.45, 7) is 2.60. The molecule has 3 aromatic rings. The number of methoxy groups -OCH3 is 2. The number of aromatic hydroxyl groups is 1. The Morgan fingerprint density at radius 3 is 2.23 bits per heavy atom. The van der Waals surface area contributed by atoms with Crippen LogP contribution in [0, 0.1) is 0 Å². The Kier molecular flexibility index (Phi) is 8.58. The number of rotatable bonds is 6. The van der Waals surface area contributed by atoms with Gasteiger partial charge in [0, 0.05) is 13.6 Å². The van der Waals surface area contributed by atoms with Gasteiger partial charge in [-0.2, -0.15) is 0 Å². The van der Waals surface area contributed by atoms with Crippen molar-refractivity contribution in [1.82, 2.24) is 10.6 Å². The second-order valence-corrected chi connectivity index (χ2v) is 6.75. The van der Waals surface area contributed by atoms with E-state index < -0.39 is 0 Å². The van der Waals surface area contributed by atoms with E-state index >= 15 is 0 Å². The molecule has 3 aromatic carbocycles. The SMILES string of the molecule is CN=C(NCc1cc(OC)c(O)c(OC)c1)NC(C)c1ccc2ccccc2c1.I. The predicted octanol–water partition coefficient (Wildman–Crippen LogP) is 4.61. The highest BCUT2D eigenvalue weighted by atomic mass is 127. The number of fused-ring (bicyclic) bond motifs is 1. The Labute approximate surface area is 194 Å². The molecule has 0 spiro atoms. The number of guanidine groups is 1. The number of phenolic OH excluding ortho intramolecular Hbond substituents is 1. The van der Waals surface area contributed by atoms with E-state index in [1.807, 2.05) is 12.1 Å². The Hall–Kier alpha value is -2.68. The van der Waals surface area contributed by atoms with E-state index in [4.69, 9.17) is 9.47 Å². The van der Waals surface area contributed by atoms with Gasteiger partial charge in [0.25, 0.3) is 0 Å². The average molecular weight is 521 g/mol. The number of hydrogen-bond donors (Lipinski definition) is 3. The standard InChI is InChI=1S/C23H27N3O3.HI/c1-15(18-10-9-17-7-5-6-8-19(17)13-18)26-23(24-2)25-14-16-11-20(28-3)22(27)21(12-16)29-4;/h5-13,15,27H,14H2,1-4H3,(H2,24,25,26);1H. The summed E-state index contributed by atoms with van der Waals surface area (Å²) >= 11 is 0. The summed E-state index contributed by atoms with van der Waals surface area (Å²) in [6.07, 6.45) is 0. The van der Waals surface area contributed by atoms with E-state index in [0.29, 0.717) is 24.0 Å². The fraction of sp³-hybridized carbons (Fsp3) is 0.261. The van der Waals surface area contributed by atoms with E-state index in [1.54, 1.807) is 19.2 Å². The topological polar surface area (TPSA) is 75.1 Å². The van der Waals surface area contributed by atoms with Crippen LogP contribution in [0.25, 0.3) is 10.8 Å². The maximum absolute atomic E-state index is 10.1. The minimum absolute atomic E-state index is 0. The van der Waals surface area contributed by atoms with Crippen molar-refractivity contribution in [2.24, 2.45) is 4.99 Å². The fourth-order valence-corrected chi connectivity index (χ4v) is 3.20. The Bertz CT molecular complexity index is 998. The van der Waals surface area contributed by atoms with Gasteiger partial charge in [0.15, 0.2) is 17.5 Å². The van der Waals surface area contributed by atoms with Gasteiger partial charge in [-0.1, -0.05) is 36.4 Å². The summed E-state index contributed by atoms with van der Waals surface area (Å²) in [5.41, 5.74) is 2.08. The van der Waals surface area contributed by atoms with Crippen LogP contribution in [0.15, 0.2) is 59.6 Å². The van der Waals surface area contributed by atoms with Crippen LogP contribution in [0.4, 0.5) is 0 Å². The zero-order valence-electron chi connectivity index (χ0n) is 17.6. The fourth-order valence-electron chi connectivity index (χ4n) is 3.20. The molecule has 3 N–H and O–H groups in total. The average Bonchev–Trinajstić information content (AvgIpc) is 2.76. The van der Waals surface area contributed by atoms with Crippen molar-refractivity contribution in [3.8, 4) is 17.2 Å². The first-order valence-corrected chi connectivity index (χ1v) is 9.45. The number of ether oxygens (including phenoxy) is 2. The van der Waals surface area contributed by atoms with Gasteiger partial charge in [0.05, 0.1) is 20.3 Å². The largest absolute Gasteiger partial charge is 0.502 e. The number of nitrogens with one attached hydrogen (secondary N) is 2. The molecule has 0 amide bonds. The normalized spacial score (nSPS) is 12.1. The molecule has 3 rings (SSSR count). The lowest BCUT2D eigenvalue weighted by molar-refractivity contribution is 0.339. The lowest BCUT2D eigenvalue weighted by atomic mass is 10.0. The number of halogens is 1. The molecule has 0 saturated heterocycles. The summed E-state index contributed by atoms with van der Waals surface area (Å²) in [5.74, 6) is 1.41. The molecule has 1 unspecified atom stereocenters. The quantitative estimate of drug-likeness (QED) is 0.251. The third-order valence-electron chi connectivity index (χ3n) is 4.85. The summed E-state index contributed by atoms with van der Waals surface area (Å²) < 4.78 is 10.4. The van der Waals surface area contributed by atoms with Gasteiger partial charge in [0.1, 0.15) is 0 Å². The van der Waals surface area contributed by atoms with Gasteiger partial charge in [-0.15, -0.1) is 24.0 Å². The van der Waals surface area contributed by atoms with Crippen molar-refractivity contribution >= 4 is 40.7 Å². The first-order chi connectivity index (χ1) is 14.0. The smallest absolute Gasteiger partial charge is 0.200 e. The molecule has 1 atom stereocenters. The van der Waals surface area contributed by atoms with Crippen LogP contribution in [0.1, 0.15) is 24.1 Å². The van der Waals surface area contributed by atoms with Crippen molar-refractivity contribution in [2.45, 2.75) is 19.5 Å². The van der Waals surface area contributed by atoms with Gasteiger partial charge in [-0.25, -0.2) is 0 Å². The Morgan fingerprint density at radius 2 is 1.63 bits per heavy atom. The van der Waals surface area contributed by atoms with Crippen molar-refractivity contribution in [2.75, 3.05) is 21.3 Å². The van der Waals surface area contributed by atoms with Crippen molar-refractivity contribution in [3.63, 3.8) is 0 Å². The molecule has 0 saturated carbocycles. The molecular weight excluding hydrogens is 493 g/mol. The molecular formula is C23H28IN3O3. The zero-order valence-corrected chi connectivity index (χ0v) is 19.9. The predicted molar refractivity (Wildman–Crippen MR) is 132 cm³/mol. The first kappa shape index (κ1) is 23.6. The number of aliphatic imine (C=N–C) groups is 1. The summed E-state index contributed by atoms with van der Waals surface area (Å²) in [5, 5.41) is 19.2. The Balaban J connectivity index is 0.00000320. The van der Waals surface area contributed by atoms with E-state index in [-0.39, 0.29) is 35.8 Å². The van der Waals surface area contributed by atoms with Gasteiger partial charge in [0.2, 0.25) is 5.75 Å². The van der Waals surface area contributed by atoms with E-state index in [2.05, 4.69) is 52.9 Å². The maximum Gasteiger partial charge on any atom is 0.200 e. The second-order valence-electron chi connectivity index (χ2n) is 6.75. The molecule has 0 aromatic heterocycles. The minimum Gasteiger partial charge on any atom is -0.502 e. The molecule has 0 aliphatic carbocycles. The molecule has 0 fully saturated rings. The van der Waals surface area contributed by atoms with Crippen LogP contribution in [0.3, 0.4) is 0 Å². The van der Waals surface area contributed by atoms with Crippen molar-refractivity contribution < 1.29 is 14.6 Å². The second kappa shape index (κ2) is 10.9. The molecule has 0 aliphatic heterocycles. The van der Waals surface area contributed by atoms with Crippen LogP contribution < -0.4 is 20.1 Å². The van der Waals surface area contributed by atoms with E-state index in [0.717, 1.165) is 5.56 Å². The molecule has 0 heterocycles. The van der Waals surface area contributed by atoms with Crippen molar-refractivity contribution in [1.29, 1.82) is 0 Å². The lowest BCUT2D eigenvalue weighted by Crippen LogP contribution is -2.38. The molecule has 0 radical (unpaired) electrons. The molecule has 30 heavy (non-hydrogen) atoms. The first-order valence-electron chi connectivity index (χ1n) is 9.45. The molecule has 0 bridgehead atoms. The highest BCUT2D eigenvalue weighted by Crippen LogP contribution is 2.37. The molecule has 6 nitrogen and oxygen atoms in total. The molecule has 160 valence electrons. The lowest BCUT2D eigenvalue weighted by Gasteiger charge is -2.19. The highest BCUT2D eigenvalue weighted by molar-refractivity contribution is 14.0. The van der Waals surface area contributed by atoms with Gasteiger partial charge < -0.3 is 25.2 Å². The molecule has 0 aliphatic rings. The number of hydrogen-bond acceptors (Lipinski definition) is 4. The van der Waals surface area contributed by atoms with Crippen LogP contribution in [-0.4, -0.2) is 32.3 Å². The zero-order chi connectivity index (χ0) is 20.8. The van der Waals surface area contributed by atoms with Crippen LogP contribution in [0.5, 0.6) is 17.2 Å². The summed E-state index contributed by atoms with van der Waals surface area (Å²) in [4.78, 5) is 4.32. The van der Waals surface area contributed by atoms with Crippen molar-refractivity contribution in [3.05, 3.63) is 65.7 Å². The van der Waals surface area contributed by atoms with Crippen LogP contribution >= 0.6 is 24.0 Å². The van der Waals surface area contributed by atoms with Gasteiger partial charge in [-0.05, 0) is 47.0 Å². The highest BCUT2D eigenvalue weighted by Gasteiger charge is 2.12. The van der Waals surface area contributed by atoms with Gasteiger partial charge in [-0.3, -0.25) is 4.99 Å². The maximum atomic E-state index is 10.1. The third-order valence-corrected chi connectivity index (χ3v) is 4.85. The number of benzene rings is 3. The van der Waals surface area contributed by atoms with Gasteiger partial charge >= 0.3 is 0 Å².